The molecule has 1 amide bonds. The quantitative estimate of drug-likeness (QED) is 0.686. The molecule has 0 aliphatic carbocycles. The number of benzene rings is 1. The first-order valence-electron chi connectivity index (χ1n) is 8.25. The summed E-state index contributed by atoms with van der Waals surface area (Å²) in [6.07, 6.45) is 4.98. The van der Waals surface area contributed by atoms with Gasteiger partial charge in [-0.25, -0.2) is 4.98 Å². The summed E-state index contributed by atoms with van der Waals surface area (Å²) < 4.78 is 7.22. The highest BCUT2D eigenvalue weighted by molar-refractivity contribution is 6.31. The first-order valence-corrected chi connectivity index (χ1v) is 8.63. The van der Waals surface area contributed by atoms with E-state index in [1.54, 1.807) is 13.2 Å². The molecule has 5 nitrogen and oxygen atoms in total. The molecule has 1 N–H and O–H groups in total. The van der Waals surface area contributed by atoms with Crippen LogP contribution in [0.5, 0.6) is 5.75 Å². The summed E-state index contributed by atoms with van der Waals surface area (Å²) in [5, 5.41) is 3.30. The number of rotatable bonds is 5. The van der Waals surface area contributed by atoms with Crippen molar-refractivity contribution in [3.05, 3.63) is 70.6 Å². The van der Waals surface area contributed by atoms with Crippen LogP contribution in [0.25, 0.3) is 11.7 Å². The molecule has 3 rings (SSSR count). The van der Waals surface area contributed by atoms with Crippen LogP contribution >= 0.6 is 11.6 Å². The number of nitrogens with one attached hydrogen (secondary N) is 1. The molecule has 3 aromatic rings. The average molecular weight is 370 g/mol. The molecule has 6 heteroatoms. The Bertz CT molecular complexity index is 978. The lowest BCUT2D eigenvalue weighted by atomic mass is 10.0. The normalized spacial score (nSPS) is 12.5. The number of ether oxygens (including phenoxy) is 1. The van der Waals surface area contributed by atoms with Gasteiger partial charge in [-0.2, -0.15) is 0 Å². The Morgan fingerprint density at radius 1 is 1.35 bits per heavy atom. The van der Waals surface area contributed by atoms with Gasteiger partial charge in [0, 0.05) is 17.8 Å². The molecule has 134 valence electrons. The second-order valence-electron chi connectivity index (χ2n) is 6.03. The largest absolute Gasteiger partial charge is 0.496 e. The summed E-state index contributed by atoms with van der Waals surface area (Å²) in [6, 6.07) is 11.3. The number of imidazole rings is 1. The van der Waals surface area contributed by atoms with Crippen molar-refractivity contribution in [2.75, 3.05) is 7.11 Å². The topological polar surface area (TPSA) is 55.6 Å². The van der Waals surface area contributed by atoms with Crippen molar-refractivity contribution in [3.8, 4) is 5.75 Å². The first kappa shape index (κ1) is 18.0. The minimum Gasteiger partial charge on any atom is -0.496 e. The molecule has 0 aliphatic rings. The molecule has 26 heavy (non-hydrogen) atoms. The molecule has 0 unspecified atom stereocenters. The Morgan fingerprint density at radius 2 is 2.15 bits per heavy atom. The van der Waals surface area contributed by atoms with Crippen LogP contribution in [0.1, 0.15) is 29.8 Å². The predicted octanol–water partition coefficient (Wildman–Crippen LogP) is 4.20. The van der Waals surface area contributed by atoms with Crippen molar-refractivity contribution < 1.29 is 9.53 Å². The van der Waals surface area contributed by atoms with Gasteiger partial charge in [0.1, 0.15) is 11.4 Å². The van der Waals surface area contributed by atoms with Crippen LogP contribution in [0.3, 0.4) is 0 Å². The Balaban J connectivity index is 1.77. The lowest BCUT2D eigenvalue weighted by Crippen LogP contribution is -2.25. The van der Waals surface area contributed by atoms with Crippen molar-refractivity contribution in [3.63, 3.8) is 0 Å². The lowest BCUT2D eigenvalue weighted by Gasteiger charge is -2.17. The highest BCUT2D eigenvalue weighted by Gasteiger charge is 2.13. The van der Waals surface area contributed by atoms with E-state index in [1.165, 1.54) is 6.08 Å². The molecular formula is C20H20ClN3O2. The van der Waals surface area contributed by atoms with Crippen LogP contribution < -0.4 is 10.1 Å². The lowest BCUT2D eigenvalue weighted by molar-refractivity contribution is -0.117. The summed E-state index contributed by atoms with van der Waals surface area (Å²) in [6.45, 7) is 3.92. The highest BCUT2D eigenvalue weighted by Crippen LogP contribution is 2.26. The number of methoxy groups -OCH3 is 1. The van der Waals surface area contributed by atoms with Crippen molar-refractivity contribution in [1.82, 2.24) is 14.7 Å². The zero-order valence-electron chi connectivity index (χ0n) is 14.9. The zero-order valence-corrected chi connectivity index (χ0v) is 15.6. The predicted molar refractivity (Wildman–Crippen MR) is 104 cm³/mol. The van der Waals surface area contributed by atoms with Crippen molar-refractivity contribution in [2.24, 2.45) is 0 Å². The number of pyridine rings is 1. The van der Waals surface area contributed by atoms with Gasteiger partial charge < -0.3 is 10.1 Å². The molecule has 2 heterocycles. The van der Waals surface area contributed by atoms with Gasteiger partial charge in [0.05, 0.1) is 18.8 Å². The van der Waals surface area contributed by atoms with Crippen LogP contribution in [-0.4, -0.2) is 22.4 Å². The Morgan fingerprint density at radius 3 is 2.92 bits per heavy atom. The number of carbonyl (C=O) groups is 1. The molecular weight excluding hydrogens is 350 g/mol. The van der Waals surface area contributed by atoms with Crippen molar-refractivity contribution >= 4 is 29.2 Å². The molecule has 0 saturated heterocycles. The Labute approximate surface area is 157 Å². The van der Waals surface area contributed by atoms with Gasteiger partial charge in [-0.15, -0.1) is 0 Å². The van der Waals surface area contributed by atoms with Crippen LogP contribution in [-0.2, 0) is 4.79 Å². The molecule has 1 atom stereocenters. The van der Waals surface area contributed by atoms with E-state index in [2.05, 4.69) is 10.3 Å². The summed E-state index contributed by atoms with van der Waals surface area (Å²) >= 11 is 6.18. The van der Waals surface area contributed by atoms with Gasteiger partial charge in [0.15, 0.2) is 5.15 Å². The number of nitrogens with zero attached hydrogens (tertiary/aromatic N) is 2. The summed E-state index contributed by atoms with van der Waals surface area (Å²) in [4.78, 5) is 16.6. The number of amides is 1. The molecule has 0 bridgehead atoms. The van der Waals surface area contributed by atoms with Gasteiger partial charge >= 0.3 is 0 Å². The maximum Gasteiger partial charge on any atom is 0.244 e. The van der Waals surface area contributed by atoms with Crippen molar-refractivity contribution in [1.29, 1.82) is 0 Å². The fraction of sp³-hybridized carbons (Fsp3) is 0.200. The average Bonchev–Trinajstić information content (AvgIpc) is 2.95. The van der Waals surface area contributed by atoms with E-state index in [-0.39, 0.29) is 11.9 Å². The van der Waals surface area contributed by atoms with E-state index in [1.807, 2.05) is 60.8 Å². The Kier molecular flexibility index (Phi) is 5.28. The van der Waals surface area contributed by atoms with E-state index in [4.69, 9.17) is 16.3 Å². The number of hydrogen-bond acceptors (Lipinski definition) is 3. The minimum absolute atomic E-state index is 0.195. The van der Waals surface area contributed by atoms with Crippen molar-refractivity contribution in [2.45, 2.75) is 19.9 Å². The van der Waals surface area contributed by atoms with Gasteiger partial charge in [0.2, 0.25) is 5.91 Å². The SMILES string of the molecule is COc1ccc(C)cc1[C@@H](C)NC(=O)/C=C/c1c(Cl)nc2ccccn12. The Hall–Kier alpha value is -2.79. The van der Waals surface area contributed by atoms with E-state index >= 15 is 0 Å². The third-order valence-corrected chi connectivity index (χ3v) is 4.40. The zero-order chi connectivity index (χ0) is 18.7. The summed E-state index contributed by atoms with van der Waals surface area (Å²) in [5.41, 5.74) is 3.44. The fourth-order valence-electron chi connectivity index (χ4n) is 2.82. The monoisotopic (exact) mass is 369 g/mol. The smallest absolute Gasteiger partial charge is 0.244 e. The van der Waals surface area contributed by atoms with Crippen LogP contribution in [0, 0.1) is 6.92 Å². The summed E-state index contributed by atoms with van der Waals surface area (Å²) in [5.74, 6) is 0.528. The maximum absolute atomic E-state index is 12.3. The number of aryl methyl sites for hydroxylation is 1. The molecule has 2 aromatic heterocycles. The number of hydrogen-bond donors (Lipinski definition) is 1. The third kappa shape index (κ3) is 3.73. The number of carbonyl (C=O) groups excluding carboxylic acids is 1. The molecule has 0 saturated carbocycles. The van der Waals surface area contributed by atoms with E-state index in [0.29, 0.717) is 10.8 Å². The molecule has 0 radical (unpaired) electrons. The molecule has 0 spiro atoms. The maximum atomic E-state index is 12.3. The van der Waals surface area contributed by atoms with E-state index in [9.17, 15) is 4.79 Å². The molecule has 1 aromatic carbocycles. The van der Waals surface area contributed by atoms with Crippen LogP contribution in [0.4, 0.5) is 0 Å². The number of aromatic nitrogens is 2. The third-order valence-electron chi connectivity index (χ3n) is 4.13. The van der Waals surface area contributed by atoms with Crippen LogP contribution in [0.15, 0.2) is 48.7 Å². The minimum atomic E-state index is -0.219. The standard InChI is InChI=1S/C20H20ClN3O2/c1-13-7-9-17(26-3)15(12-13)14(2)22-19(25)10-8-16-20(21)23-18-6-4-5-11-24(16)18/h4-12,14H,1-3H3,(H,22,25)/b10-8+/t14-/m1/s1. The molecule has 0 aliphatic heterocycles. The van der Waals surface area contributed by atoms with Gasteiger partial charge in [-0.1, -0.05) is 35.4 Å². The van der Waals surface area contributed by atoms with E-state index in [0.717, 1.165) is 22.5 Å². The van der Waals surface area contributed by atoms with E-state index < -0.39 is 0 Å². The van der Waals surface area contributed by atoms with Gasteiger partial charge in [-0.05, 0) is 38.1 Å². The highest BCUT2D eigenvalue weighted by atomic mass is 35.5. The van der Waals surface area contributed by atoms with Gasteiger partial charge in [-0.3, -0.25) is 9.20 Å². The van der Waals surface area contributed by atoms with Crippen LogP contribution in [0.2, 0.25) is 5.15 Å². The molecule has 0 fully saturated rings. The number of halogens is 1. The fourth-order valence-corrected chi connectivity index (χ4v) is 3.06. The second-order valence-corrected chi connectivity index (χ2v) is 6.38. The first-order chi connectivity index (χ1) is 12.5. The van der Waals surface area contributed by atoms with Gasteiger partial charge in [0.25, 0.3) is 0 Å². The summed E-state index contributed by atoms with van der Waals surface area (Å²) in [7, 11) is 1.62. The second kappa shape index (κ2) is 7.62. The number of fused-ring (bicyclic) bond motifs is 1.